The van der Waals surface area contributed by atoms with Crippen molar-refractivity contribution in [1.29, 1.82) is 5.26 Å². The molecule has 1 aliphatic rings. The number of rotatable bonds is 3. The van der Waals surface area contributed by atoms with Crippen LogP contribution in [0.4, 0.5) is 5.00 Å². The fourth-order valence-corrected chi connectivity index (χ4v) is 4.68. The molecule has 0 N–H and O–H groups in total. The molecular formula is C21H17ClN2OS. The Labute approximate surface area is 161 Å². The summed E-state index contributed by atoms with van der Waals surface area (Å²) in [6.07, 6.45) is 6.10. The zero-order chi connectivity index (χ0) is 18.1. The van der Waals surface area contributed by atoms with Crippen LogP contribution in [0.2, 0.25) is 5.02 Å². The second-order valence-corrected chi connectivity index (χ2v) is 7.87. The molecule has 0 atom stereocenters. The first-order valence-corrected chi connectivity index (χ1v) is 9.81. The van der Waals surface area contributed by atoms with Crippen LogP contribution < -0.4 is 0 Å². The van der Waals surface area contributed by atoms with Crippen LogP contribution in [-0.2, 0) is 12.8 Å². The molecule has 26 heavy (non-hydrogen) atoms. The van der Waals surface area contributed by atoms with Gasteiger partial charge in [-0.05, 0) is 61.9 Å². The summed E-state index contributed by atoms with van der Waals surface area (Å²) in [5.41, 5.74) is 3.90. The molecule has 0 amide bonds. The lowest BCUT2D eigenvalue weighted by atomic mass is 9.96. The van der Waals surface area contributed by atoms with E-state index in [4.69, 9.17) is 16.0 Å². The van der Waals surface area contributed by atoms with Crippen molar-refractivity contribution < 1.29 is 4.42 Å². The number of fused-ring (bicyclic) bond motifs is 1. The van der Waals surface area contributed by atoms with Crippen LogP contribution in [0.5, 0.6) is 0 Å². The molecule has 0 radical (unpaired) electrons. The highest BCUT2D eigenvalue weighted by Crippen LogP contribution is 2.39. The SMILES string of the molecule is Cc1c(Cl)cccc1-c1ccc(C=Nc2sc3c(c2C#N)CCCC3)o1. The number of nitrogens with zero attached hydrogens (tertiary/aromatic N) is 2. The summed E-state index contributed by atoms with van der Waals surface area (Å²) in [7, 11) is 0. The normalized spacial score (nSPS) is 13.7. The lowest BCUT2D eigenvalue weighted by Crippen LogP contribution is -1.99. The summed E-state index contributed by atoms with van der Waals surface area (Å²) < 4.78 is 5.92. The lowest BCUT2D eigenvalue weighted by molar-refractivity contribution is 0.575. The summed E-state index contributed by atoms with van der Waals surface area (Å²) in [6, 6.07) is 11.9. The molecule has 0 bridgehead atoms. The molecule has 2 heterocycles. The van der Waals surface area contributed by atoms with Crippen molar-refractivity contribution in [3.63, 3.8) is 0 Å². The van der Waals surface area contributed by atoms with Crippen molar-refractivity contribution in [2.75, 3.05) is 0 Å². The van der Waals surface area contributed by atoms with E-state index >= 15 is 0 Å². The van der Waals surface area contributed by atoms with Gasteiger partial charge >= 0.3 is 0 Å². The number of aliphatic imine (C=N–C) groups is 1. The van der Waals surface area contributed by atoms with Crippen LogP contribution in [0, 0.1) is 18.3 Å². The summed E-state index contributed by atoms with van der Waals surface area (Å²) in [4.78, 5) is 5.86. The third-order valence-electron chi connectivity index (χ3n) is 4.73. The molecule has 3 aromatic rings. The van der Waals surface area contributed by atoms with Crippen LogP contribution in [-0.4, -0.2) is 6.21 Å². The van der Waals surface area contributed by atoms with Crippen LogP contribution in [0.3, 0.4) is 0 Å². The first kappa shape index (κ1) is 17.1. The average molecular weight is 381 g/mol. The Balaban J connectivity index is 1.63. The molecule has 1 aliphatic carbocycles. The smallest absolute Gasteiger partial charge is 0.145 e. The number of benzene rings is 1. The van der Waals surface area contributed by atoms with Gasteiger partial charge in [-0.3, -0.25) is 0 Å². The van der Waals surface area contributed by atoms with E-state index in [1.165, 1.54) is 16.9 Å². The number of hydrogen-bond donors (Lipinski definition) is 0. The van der Waals surface area contributed by atoms with E-state index < -0.39 is 0 Å². The lowest BCUT2D eigenvalue weighted by Gasteiger charge is -2.09. The van der Waals surface area contributed by atoms with Gasteiger partial charge in [-0.15, -0.1) is 11.3 Å². The van der Waals surface area contributed by atoms with Gasteiger partial charge in [0.15, 0.2) is 0 Å². The minimum atomic E-state index is 0.662. The topological polar surface area (TPSA) is 49.3 Å². The van der Waals surface area contributed by atoms with Gasteiger partial charge in [-0.2, -0.15) is 5.26 Å². The molecule has 0 aliphatic heterocycles. The Morgan fingerprint density at radius 1 is 1.23 bits per heavy atom. The van der Waals surface area contributed by atoms with Gasteiger partial charge in [-0.25, -0.2) is 4.99 Å². The van der Waals surface area contributed by atoms with Crippen molar-refractivity contribution in [3.05, 3.63) is 62.7 Å². The molecule has 1 aromatic carbocycles. The van der Waals surface area contributed by atoms with E-state index in [1.807, 2.05) is 37.3 Å². The van der Waals surface area contributed by atoms with Crippen LogP contribution in [0.15, 0.2) is 39.7 Å². The first-order chi connectivity index (χ1) is 12.7. The number of halogens is 1. The molecular weight excluding hydrogens is 364 g/mol. The second-order valence-electron chi connectivity index (χ2n) is 6.38. The van der Waals surface area contributed by atoms with E-state index in [9.17, 15) is 5.26 Å². The Morgan fingerprint density at radius 3 is 2.92 bits per heavy atom. The molecule has 3 nitrogen and oxygen atoms in total. The van der Waals surface area contributed by atoms with Gasteiger partial charge in [0, 0.05) is 15.5 Å². The third kappa shape index (κ3) is 3.09. The number of furan rings is 1. The molecule has 2 aromatic heterocycles. The van der Waals surface area contributed by atoms with E-state index in [-0.39, 0.29) is 0 Å². The van der Waals surface area contributed by atoms with E-state index in [2.05, 4.69) is 11.1 Å². The largest absolute Gasteiger partial charge is 0.455 e. The molecule has 0 fully saturated rings. The molecule has 0 saturated heterocycles. The van der Waals surface area contributed by atoms with Gasteiger partial charge in [0.1, 0.15) is 22.6 Å². The fourth-order valence-electron chi connectivity index (χ4n) is 3.32. The quantitative estimate of drug-likeness (QED) is 0.489. The van der Waals surface area contributed by atoms with Gasteiger partial charge in [0.25, 0.3) is 0 Å². The van der Waals surface area contributed by atoms with E-state index in [1.54, 1.807) is 17.6 Å². The standard InChI is InChI=1S/C21H17ClN2OS/c1-13-15(6-4-7-18(13)22)19-10-9-14(25-19)12-24-21-17(11-23)16-5-2-3-8-20(16)26-21/h4,6-7,9-10,12H,2-3,5,8H2,1H3. The number of nitriles is 1. The number of aryl methyl sites for hydroxylation is 1. The summed E-state index contributed by atoms with van der Waals surface area (Å²) >= 11 is 7.83. The van der Waals surface area contributed by atoms with E-state index in [0.717, 1.165) is 51.7 Å². The molecule has 4 rings (SSSR count). The van der Waals surface area contributed by atoms with Crippen molar-refractivity contribution in [3.8, 4) is 17.4 Å². The van der Waals surface area contributed by atoms with Crippen molar-refractivity contribution in [2.45, 2.75) is 32.6 Å². The second kappa shape index (κ2) is 7.11. The zero-order valence-electron chi connectivity index (χ0n) is 14.4. The maximum absolute atomic E-state index is 9.52. The highest BCUT2D eigenvalue weighted by atomic mass is 35.5. The molecule has 0 unspecified atom stereocenters. The molecule has 0 saturated carbocycles. The van der Waals surface area contributed by atoms with Gasteiger partial charge in [0.2, 0.25) is 0 Å². The van der Waals surface area contributed by atoms with Crippen molar-refractivity contribution in [2.24, 2.45) is 4.99 Å². The van der Waals surface area contributed by atoms with Gasteiger partial charge < -0.3 is 4.42 Å². The zero-order valence-corrected chi connectivity index (χ0v) is 16.0. The van der Waals surface area contributed by atoms with Gasteiger partial charge in [0.05, 0.1) is 11.8 Å². The number of thiophene rings is 1. The first-order valence-electron chi connectivity index (χ1n) is 8.61. The summed E-state index contributed by atoms with van der Waals surface area (Å²) in [5, 5.41) is 11.0. The Kier molecular flexibility index (Phi) is 4.67. The minimum absolute atomic E-state index is 0.662. The molecule has 5 heteroatoms. The molecule has 130 valence electrons. The average Bonchev–Trinajstić information content (AvgIpc) is 3.26. The minimum Gasteiger partial charge on any atom is -0.455 e. The van der Waals surface area contributed by atoms with Crippen LogP contribution in [0.25, 0.3) is 11.3 Å². The van der Waals surface area contributed by atoms with Gasteiger partial charge in [-0.1, -0.05) is 23.7 Å². The maximum Gasteiger partial charge on any atom is 0.145 e. The Morgan fingerprint density at radius 2 is 2.08 bits per heavy atom. The summed E-state index contributed by atoms with van der Waals surface area (Å²) in [6.45, 7) is 1.98. The maximum atomic E-state index is 9.52. The Hall–Kier alpha value is -2.35. The molecule has 0 spiro atoms. The predicted octanol–water partition coefficient (Wildman–Crippen LogP) is 6.47. The number of hydrogen-bond acceptors (Lipinski definition) is 4. The van der Waals surface area contributed by atoms with Crippen molar-refractivity contribution >= 4 is 34.2 Å². The fraction of sp³-hybridized carbons (Fsp3) is 0.238. The predicted molar refractivity (Wildman–Crippen MR) is 107 cm³/mol. The monoisotopic (exact) mass is 380 g/mol. The highest BCUT2D eigenvalue weighted by Gasteiger charge is 2.20. The van der Waals surface area contributed by atoms with Crippen molar-refractivity contribution in [1.82, 2.24) is 0 Å². The van der Waals surface area contributed by atoms with Crippen LogP contribution in [0.1, 0.15) is 40.2 Å². The third-order valence-corrected chi connectivity index (χ3v) is 6.34. The Bertz CT molecular complexity index is 1040. The van der Waals surface area contributed by atoms with Crippen LogP contribution >= 0.6 is 22.9 Å². The summed E-state index contributed by atoms with van der Waals surface area (Å²) in [5.74, 6) is 1.42. The van der Waals surface area contributed by atoms with E-state index in [0.29, 0.717) is 5.76 Å². The highest BCUT2D eigenvalue weighted by molar-refractivity contribution is 7.16.